The Morgan fingerprint density at radius 3 is 2.81 bits per heavy atom. The van der Waals surface area contributed by atoms with Gasteiger partial charge < -0.3 is 5.73 Å². The third kappa shape index (κ3) is 2.81. The lowest BCUT2D eigenvalue weighted by molar-refractivity contribution is 1.05. The van der Waals surface area contributed by atoms with Crippen LogP contribution in [0.2, 0.25) is 0 Å². The second kappa shape index (κ2) is 5.43. The molecule has 0 fully saturated rings. The average Bonchev–Trinajstić information content (AvgIpc) is 2.33. The van der Waals surface area contributed by atoms with E-state index in [2.05, 4.69) is 25.9 Å². The SMILES string of the molecule is NCc1ccc(Sc2cnccn2)c(Br)c1. The van der Waals surface area contributed by atoms with Crippen molar-refractivity contribution < 1.29 is 0 Å². The van der Waals surface area contributed by atoms with Crippen LogP contribution < -0.4 is 5.73 Å². The number of aromatic nitrogens is 2. The predicted molar refractivity (Wildman–Crippen MR) is 68.2 cm³/mol. The molecule has 2 rings (SSSR count). The number of rotatable bonds is 3. The minimum absolute atomic E-state index is 0.550. The minimum Gasteiger partial charge on any atom is -0.326 e. The van der Waals surface area contributed by atoms with Crippen molar-refractivity contribution in [1.29, 1.82) is 0 Å². The van der Waals surface area contributed by atoms with E-state index in [-0.39, 0.29) is 0 Å². The molecule has 0 atom stereocenters. The van der Waals surface area contributed by atoms with Gasteiger partial charge in [-0.05, 0) is 33.6 Å². The molecule has 0 saturated carbocycles. The van der Waals surface area contributed by atoms with Crippen molar-refractivity contribution in [3.8, 4) is 0 Å². The normalized spacial score (nSPS) is 10.4. The van der Waals surface area contributed by atoms with Crippen LogP contribution in [-0.4, -0.2) is 9.97 Å². The van der Waals surface area contributed by atoms with Crippen molar-refractivity contribution in [1.82, 2.24) is 9.97 Å². The Morgan fingerprint density at radius 1 is 1.31 bits per heavy atom. The van der Waals surface area contributed by atoms with Crippen molar-refractivity contribution in [3.05, 3.63) is 46.8 Å². The quantitative estimate of drug-likeness (QED) is 0.946. The summed E-state index contributed by atoms with van der Waals surface area (Å²) in [6.07, 6.45) is 5.09. The Labute approximate surface area is 107 Å². The molecule has 0 radical (unpaired) electrons. The summed E-state index contributed by atoms with van der Waals surface area (Å²) in [6, 6.07) is 6.08. The van der Waals surface area contributed by atoms with E-state index < -0.39 is 0 Å². The first kappa shape index (κ1) is 11.6. The first-order chi connectivity index (χ1) is 7.79. The lowest BCUT2D eigenvalue weighted by atomic mass is 10.2. The van der Waals surface area contributed by atoms with Crippen LogP contribution >= 0.6 is 27.7 Å². The second-order valence-electron chi connectivity index (χ2n) is 3.11. The molecule has 0 bridgehead atoms. The van der Waals surface area contributed by atoms with E-state index >= 15 is 0 Å². The maximum absolute atomic E-state index is 5.57. The molecule has 2 N–H and O–H groups in total. The minimum atomic E-state index is 0.550. The summed E-state index contributed by atoms with van der Waals surface area (Å²) >= 11 is 5.09. The topological polar surface area (TPSA) is 51.8 Å². The summed E-state index contributed by atoms with van der Waals surface area (Å²) in [6.45, 7) is 0.550. The smallest absolute Gasteiger partial charge is 0.119 e. The van der Waals surface area contributed by atoms with Gasteiger partial charge in [-0.3, -0.25) is 4.98 Å². The fraction of sp³-hybridized carbons (Fsp3) is 0.0909. The zero-order valence-electron chi connectivity index (χ0n) is 8.43. The molecule has 0 unspecified atom stereocenters. The third-order valence-corrected chi connectivity index (χ3v) is 3.90. The van der Waals surface area contributed by atoms with E-state index in [9.17, 15) is 0 Å². The van der Waals surface area contributed by atoms with E-state index in [0.29, 0.717) is 6.54 Å². The molecule has 1 aromatic heterocycles. The number of halogens is 1. The van der Waals surface area contributed by atoms with Crippen LogP contribution in [0.4, 0.5) is 0 Å². The molecule has 2 aromatic rings. The Morgan fingerprint density at radius 2 is 2.19 bits per heavy atom. The summed E-state index contributed by atoms with van der Waals surface area (Å²) in [5.74, 6) is 0. The van der Waals surface area contributed by atoms with Gasteiger partial charge in [-0.15, -0.1) is 0 Å². The van der Waals surface area contributed by atoms with E-state index in [1.165, 1.54) is 0 Å². The molecule has 3 nitrogen and oxygen atoms in total. The van der Waals surface area contributed by atoms with Crippen molar-refractivity contribution >= 4 is 27.7 Å². The van der Waals surface area contributed by atoms with E-state index in [1.54, 1.807) is 30.4 Å². The molecule has 0 aliphatic rings. The predicted octanol–water partition coefficient (Wildman–Crippen LogP) is 2.85. The van der Waals surface area contributed by atoms with Gasteiger partial charge in [-0.25, -0.2) is 4.98 Å². The monoisotopic (exact) mass is 295 g/mol. The van der Waals surface area contributed by atoms with Crippen molar-refractivity contribution in [2.24, 2.45) is 5.73 Å². The maximum Gasteiger partial charge on any atom is 0.119 e. The summed E-state index contributed by atoms with van der Waals surface area (Å²) < 4.78 is 1.03. The van der Waals surface area contributed by atoms with Gasteiger partial charge in [0.2, 0.25) is 0 Å². The standard InChI is InChI=1S/C11H10BrN3S/c12-9-5-8(6-13)1-2-10(9)16-11-7-14-3-4-15-11/h1-5,7H,6,13H2. The molecule has 0 aliphatic carbocycles. The van der Waals surface area contributed by atoms with Crippen LogP contribution in [0.5, 0.6) is 0 Å². The van der Waals surface area contributed by atoms with Crippen LogP contribution in [0.25, 0.3) is 0 Å². The van der Waals surface area contributed by atoms with Gasteiger partial charge in [0.15, 0.2) is 0 Å². The third-order valence-electron chi connectivity index (χ3n) is 1.99. The van der Waals surface area contributed by atoms with E-state index in [4.69, 9.17) is 5.73 Å². The van der Waals surface area contributed by atoms with Gasteiger partial charge in [-0.1, -0.05) is 17.8 Å². The van der Waals surface area contributed by atoms with Crippen LogP contribution in [0.3, 0.4) is 0 Å². The molecule has 0 saturated heterocycles. The van der Waals surface area contributed by atoms with E-state index in [0.717, 1.165) is 20.0 Å². The van der Waals surface area contributed by atoms with Gasteiger partial charge in [0, 0.05) is 28.3 Å². The number of nitrogens with zero attached hydrogens (tertiary/aromatic N) is 2. The zero-order chi connectivity index (χ0) is 11.4. The molecule has 1 heterocycles. The van der Waals surface area contributed by atoms with Crippen LogP contribution in [0, 0.1) is 0 Å². The molecular formula is C11H10BrN3S. The van der Waals surface area contributed by atoms with Crippen molar-refractivity contribution in [2.75, 3.05) is 0 Å². The fourth-order valence-corrected chi connectivity index (χ4v) is 2.62. The first-order valence-electron chi connectivity index (χ1n) is 4.72. The largest absolute Gasteiger partial charge is 0.326 e. The highest BCUT2D eigenvalue weighted by atomic mass is 79.9. The molecule has 5 heteroatoms. The Bertz CT molecular complexity index is 476. The summed E-state index contributed by atoms with van der Waals surface area (Å²) in [5.41, 5.74) is 6.68. The Hall–Kier alpha value is -0.910. The van der Waals surface area contributed by atoms with Crippen LogP contribution in [0.1, 0.15) is 5.56 Å². The first-order valence-corrected chi connectivity index (χ1v) is 6.33. The number of nitrogens with two attached hydrogens (primary N) is 1. The number of hydrogen-bond donors (Lipinski definition) is 1. The van der Waals surface area contributed by atoms with Crippen molar-refractivity contribution in [2.45, 2.75) is 16.5 Å². The lowest BCUT2D eigenvalue weighted by Crippen LogP contribution is -1.95. The van der Waals surface area contributed by atoms with Gasteiger partial charge in [0.1, 0.15) is 5.03 Å². The van der Waals surface area contributed by atoms with E-state index in [1.807, 2.05) is 18.2 Å². The highest BCUT2D eigenvalue weighted by molar-refractivity contribution is 9.10. The van der Waals surface area contributed by atoms with Gasteiger partial charge in [-0.2, -0.15) is 0 Å². The number of hydrogen-bond acceptors (Lipinski definition) is 4. The Balaban J connectivity index is 2.22. The fourth-order valence-electron chi connectivity index (χ4n) is 1.20. The Kier molecular flexibility index (Phi) is 3.93. The molecule has 0 aliphatic heterocycles. The summed E-state index contributed by atoms with van der Waals surface area (Å²) in [7, 11) is 0. The molecule has 82 valence electrons. The summed E-state index contributed by atoms with van der Waals surface area (Å²) in [4.78, 5) is 9.35. The van der Waals surface area contributed by atoms with Gasteiger partial charge >= 0.3 is 0 Å². The van der Waals surface area contributed by atoms with Crippen LogP contribution in [-0.2, 0) is 6.54 Å². The number of benzene rings is 1. The van der Waals surface area contributed by atoms with Crippen molar-refractivity contribution in [3.63, 3.8) is 0 Å². The highest BCUT2D eigenvalue weighted by Gasteiger charge is 2.04. The van der Waals surface area contributed by atoms with Crippen LogP contribution in [0.15, 0.2) is 51.2 Å². The zero-order valence-corrected chi connectivity index (χ0v) is 10.8. The summed E-state index contributed by atoms with van der Waals surface area (Å²) in [5, 5.41) is 0.878. The molecule has 1 aromatic carbocycles. The molecule has 0 amide bonds. The highest BCUT2D eigenvalue weighted by Crippen LogP contribution is 2.32. The molecule has 0 spiro atoms. The van der Waals surface area contributed by atoms with Gasteiger partial charge in [0.25, 0.3) is 0 Å². The van der Waals surface area contributed by atoms with Gasteiger partial charge in [0.05, 0.1) is 6.20 Å². The molecule has 16 heavy (non-hydrogen) atoms. The second-order valence-corrected chi connectivity index (χ2v) is 5.03. The lowest BCUT2D eigenvalue weighted by Gasteiger charge is -2.05. The molecular weight excluding hydrogens is 286 g/mol. The maximum atomic E-state index is 5.57. The average molecular weight is 296 g/mol.